The Hall–Kier alpha value is -3.59. The van der Waals surface area contributed by atoms with Crippen molar-refractivity contribution in [2.75, 3.05) is 52.8 Å². The number of aryl methyl sites for hydroxylation is 1. The molecular weight excluding hydrogens is 897 g/mol. The Labute approximate surface area is 404 Å². The predicted octanol–water partition coefficient (Wildman–Crippen LogP) is 5.63. The van der Waals surface area contributed by atoms with E-state index >= 15 is 0 Å². The van der Waals surface area contributed by atoms with Gasteiger partial charge in [0.2, 0.25) is 23.5 Å². The second kappa shape index (κ2) is 23.1. The lowest BCUT2D eigenvalue weighted by Crippen LogP contribution is -2.70. The third-order valence-corrected chi connectivity index (χ3v) is 15.5. The van der Waals surface area contributed by atoms with Gasteiger partial charge in [-0.3, -0.25) is 19.2 Å². The Balaban J connectivity index is 0.719. The number of benzene rings is 1. The quantitative estimate of drug-likeness (QED) is 0.0744. The number of fused-ring (bicyclic) bond motifs is 2. The van der Waals surface area contributed by atoms with Crippen LogP contribution >= 0.6 is 11.3 Å². The average Bonchev–Trinajstić information content (AvgIpc) is 3.84. The van der Waals surface area contributed by atoms with E-state index < -0.39 is 47.2 Å². The van der Waals surface area contributed by atoms with Crippen molar-refractivity contribution in [2.24, 2.45) is 29.1 Å². The van der Waals surface area contributed by atoms with Crippen LogP contribution in [0.2, 0.25) is 0 Å². The summed E-state index contributed by atoms with van der Waals surface area (Å²) in [7, 11) is 0. The molecule has 2 aromatic rings. The minimum atomic E-state index is -0.932. The molecule has 1 aromatic carbocycles. The summed E-state index contributed by atoms with van der Waals surface area (Å²) >= 11 is 1.57. The molecular formula is C50H74N4O13S. The summed E-state index contributed by atoms with van der Waals surface area (Å²) in [5.41, 5.74) is 3.45. The van der Waals surface area contributed by atoms with Crippen molar-refractivity contribution in [3.05, 3.63) is 41.0 Å². The number of hydrogen-bond donors (Lipinski definition) is 3. The van der Waals surface area contributed by atoms with Gasteiger partial charge in [-0.2, -0.15) is 0 Å². The second-order valence-electron chi connectivity index (χ2n) is 20.6. The lowest BCUT2D eigenvalue weighted by molar-refractivity contribution is -0.571. The van der Waals surface area contributed by atoms with Gasteiger partial charge in [-0.15, -0.1) is 11.3 Å². The number of carbonyl (C=O) groups excluding carboxylic acids is 4. The van der Waals surface area contributed by atoms with Gasteiger partial charge in [-0.25, -0.2) is 14.8 Å². The molecule has 1 aliphatic carbocycles. The molecule has 6 heterocycles. The van der Waals surface area contributed by atoms with E-state index in [9.17, 15) is 24.3 Å². The summed E-state index contributed by atoms with van der Waals surface area (Å²) < 4.78 is 35.5. The summed E-state index contributed by atoms with van der Waals surface area (Å²) in [4.78, 5) is 71.9. The molecule has 1 aromatic heterocycles. The van der Waals surface area contributed by atoms with Gasteiger partial charge >= 0.3 is 5.97 Å². The van der Waals surface area contributed by atoms with Crippen LogP contribution in [-0.2, 0) is 63.9 Å². The van der Waals surface area contributed by atoms with Crippen LogP contribution < -0.4 is 10.6 Å². The molecule has 3 N–H and O–H groups in total. The number of hydrogen-bond acceptors (Lipinski definition) is 15. The number of aromatic nitrogens is 1. The maximum Gasteiger partial charge on any atom is 0.305 e. The molecule has 18 heteroatoms. The fourth-order valence-corrected chi connectivity index (χ4v) is 11.5. The molecule has 1 saturated carbocycles. The first-order chi connectivity index (χ1) is 32.5. The predicted molar refractivity (Wildman–Crippen MR) is 250 cm³/mol. The van der Waals surface area contributed by atoms with Crippen molar-refractivity contribution in [3.8, 4) is 10.4 Å². The highest BCUT2D eigenvalue weighted by Gasteiger charge is 2.69. The highest BCUT2D eigenvalue weighted by molar-refractivity contribution is 7.13. The molecule has 5 aliphatic heterocycles. The Bertz CT molecular complexity index is 2010. The van der Waals surface area contributed by atoms with Gasteiger partial charge < -0.3 is 49.1 Å². The van der Waals surface area contributed by atoms with Gasteiger partial charge in [0, 0.05) is 57.7 Å². The lowest BCUT2D eigenvalue weighted by Gasteiger charge is -2.60. The molecule has 378 valence electrons. The topological polar surface area (TPSA) is 203 Å². The molecule has 11 atom stereocenters. The summed E-state index contributed by atoms with van der Waals surface area (Å²) in [5.74, 6) is -0.996. The highest BCUT2D eigenvalue weighted by atomic mass is 32.1. The van der Waals surface area contributed by atoms with E-state index in [0.29, 0.717) is 51.1 Å². The number of nitrogens with one attached hydrogen (secondary N) is 2. The molecule has 3 amide bonds. The maximum absolute atomic E-state index is 13.9. The SMILES string of the molecule is Cc1ncsc1-c1ccc(CNC(=O)C2CC(O)CN2C(=O)C(NC(=O)CCOCCOCCOCCCC(=O)OCCC2OC3OC4(C)CCC5C(C)CCC(C2C)C35OO4)C(C)(C)C)cc1. The van der Waals surface area contributed by atoms with Crippen molar-refractivity contribution in [2.45, 2.75) is 155 Å². The van der Waals surface area contributed by atoms with Crippen molar-refractivity contribution in [3.63, 3.8) is 0 Å². The Morgan fingerprint density at radius 2 is 1.66 bits per heavy atom. The number of β-amino-alcohol motifs (C(OH)–C–C–N with tert-alkyl or cyclic N) is 1. The van der Waals surface area contributed by atoms with E-state index in [4.69, 9.17) is 38.2 Å². The van der Waals surface area contributed by atoms with E-state index in [0.717, 1.165) is 47.4 Å². The molecule has 68 heavy (non-hydrogen) atoms. The molecule has 6 fully saturated rings. The van der Waals surface area contributed by atoms with Crippen molar-refractivity contribution in [1.29, 1.82) is 0 Å². The molecule has 11 unspecified atom stereocenters. The Kier molecular flexibility index (Phi) is 17.7. The lowest BCUT2D eigenvalue weighted by atomic mass is 9.57. The number of esters is 1. The molecule has 1 spiro atoms. The van der Waals surface area contributed by atoms with Crippen LogP contribution in [0.25, 0.3) is 10.4 Å². The molecule has 5 saturated heterocycles. The summed E-state index contributed by atoms with van der Waals surface area (Å²) in [6, 6.07) is 6.07. The van der Waals surface area contributed by atoms with Crippen LogP contribution in [0.3, 0.4) is 0 Å². The number of rotatable bonds is 22. The van der Waals surface area contributed by atoms with E-state index in [1.54, 1.807) is 11.3 Å². The van der Waals surface area contributed by atoms with E-state index in [1.165, 1.54) is 4.90 Å². The minimum Gasteiger partial charge on any atom is -0.466 e. The average molecular weight is 971 g/mol. The van der Waals surface area contributed by atoms with Crippen LogP contribution in [0.1, 0.15) is 111 Å². The molecule has 8 rings (SSSR count). The second-order valence-corrected chi connectivity index (χ2v) is 21.4. The van der Waals surface area contributed by atoms with Gasteiger partial charge in [0.15, 0.2) is 11.9 Å². The number of nitrogens with zero attached hydrogens (tertiary/aromatic N) is 2. The maximum atomic E-state index is 13.9. The van der Waals surface area contributed by atoms with E-state index in [-0.39, 0.29) is 87.9 Å². The first-order valence-electron chi connectivity index (χ1n) is 24.6. The minimum absolute atomic E-state index is 0.00645. The fraction of sp³-hybridized carbons (Fsp3) is 0.740. The van der Waals surface area contributed by atoms with Gasteiger partial charge in [-0.1, -0.05) is 58.9 Å². The van der Waals surface area contributed by atoms with Crippen LogP contribution in [0.15, 0.2) is 29.8 Å². The summed E-state index contributed by atoms with van der Waals surface area (Å²) in [6.07, 6.45) is 3.92. The summed E-state index contributed by atoms with van der Waals surface area (Å²) in [6.45, 7) is 16.2. The number of amides is 3. The molecule has 17 nitrogen and oxygen atoms in total. The molecule has 6 aliphatic rings. The Morgan fingerprint density at radius 1 is 0.941 bits per heavy atom. The smallest absolute Gasteiger partial charge is 0.305 e. The first-order valence-corrected chi connectivity index (χ1v) is 25.5. The number of carbonyl (C=O) groups is 4. The van der Waals surface area contributed by atoms with Gasteiger partial charge in [0.05, 0.1) is 67.9 Å². The normalized spacial score (nSPS) is 30.3. The van der Waals surface area contributed by atoms with Crippen LogP contribution in [-0.4, -0.2) is 133 Å². The third-order valence-electron chi connectivity index (χ3n) is 14.6. The van der Waals surface area contributed by atoms with Crippen LogP contribution in [0.5, 0.6) is 0 Å². The summed E-state index contributed by atoms with van der Waals surface area (Å²) in [5, 5.41) is 16.3. The van der Waals surface area contributed by atoms with Gasteiger partial charge in [-0.05, 0) is 73.8 Å². The van der Waals surface area contributed by atoms with Crippen LogP contribution in [0.4, 0.5) is 0 Å². The van der Waals surface area contributed by atoms with E-state index in [2.05, 4.69) is 29.5 Å². The van der Waals surface area contributed by atoms with E-state index in [1.807, 2.05) is 64.4 Å². The van der Waals surface area contributed by atoms with Crippen molar-refractivity contribution >= 4 is 35.0 Å². The van der Waals surface area contributed by atoms with Gasteiger partial charge in [0.1, 0.15) is 12.1 Å². The standard InChI is InChI=1S/C50H74N4O13S/c1-31-10-15-38-32(2)40(64-47-50(38)37(31)16-19-49(7,65-47)66-67-50)17-22-63-42(57)9-8-20-60-23-25-62-26-24-61-21-18-41(56)53-44(48(4,5)6)46(59)54-29-36(55)27-39(54)45(58)51-28-34-11-13-35(14-12-34)43-33(3)52-30-68-43/h11-14,30-32,36-40,44,47,55H,8-10,15-29H2,1-7H3,(H,51,58)(H,53,56). The molecule has 0 radical (unpaired) electrons. The molecule has 2 bridgehead atoms. The highest BCUT2D eigenvalue weighted by Crippen LogP contribution is 2.60. The van der Waals surface area contributed by atoms with Crippen molar-refractivity contribution < 1.29 is 62.5 Å². The van der Waals surface area contributed by atoms with Gasteiger partial charge in [0.25, 0.3) is 0 Å². The number of thiazole rings is 1. The van der Waals surface area contributed by atoms with Crippen molar-refractivity contribution in [1.82, 2.24) is 20.5 Å². The number of ether oxygens (including phenoxy) is 6. The number of aliphatic hydroxyl groups is 1. The number of aliphatic hydroxyl groups excluding tert-OH is 1. The zero-order chi connectivity index (χ0) is 48.6. The zero-order valence-electron chi connectivity index (χ0n) is 41.0. The monoisotopic (exact) mass is 970 g/mol. The largest absolute Gasteiger partial charge is 0.466 e. The number of likely N-dealkylation sites (tertiary alicyclic amines) is 1. The zero-order valence-corrected chi connectivity index (χ0v) is 41.8. The Morgan fingerprint density at radius 3 is 2.37 bits per heavy atom. The fourth-order valence-electron chi connectivity index (χ4n) is 10.7. The first kappa shape index (κ1) is 52.2. The third kappa shape index (κ3) is 12.5. The van der Waals surface area contributed by atoms with Crippen LogP contribution in [0, 0.1) is 36.0 Å².